The van der Waals surface area contributed by atoms with E-state index in [0.717, 1.165) is 31.6 Å². The van der Waals surface area contributed by atoms with Crippen LogP contribution in [0.25, 0.3) is 0 Å². The van der Waals surface area contributed by atoms with Crippen molar-refractivity contribution in [1.29, 1.82) is 0 Å². The number of ketones is 2. The lowest BCUT2D eigenvalue weighted by atomic mass is 9.88. The fraction of sp³-hybridized carbons (Fsp3) is 0.304. The number of para-hydroxylation sites is 1. The average Bonchev–Trinajstić information content (AvgIpc) is 2.73. The number of Topliss-reactive ketones (excluding diaryl/α,β-unsaturated/α-hetero) is 2. The summed E-state index contributed by atoms with van der Waals surface area (Å²) in [5.74, 6) is -0.0899. The van der Waals surface area contributed by atoms with Gasteiger partial charge in [0, 0.05) is 36.4 Å². The van der Waals surface area contributed by atoms with Crippen LogP contribution in [-0.2, 0) is 0 Å². The molecule has 0 aromatic heterocycles. The molecule has 0 unspecified atom stereocenters. The van der Waals surface area contributed by atoms with Gasteiger partial charge in [0.15, 0.2) is 0 Å². The molecule has 1 aliphatic carbocycles. The van der Waals surface area contributed by atoms with Gasteiger partial charge in [0.1, 0.15) is 11.4 Å². The van der Waals surface area contributed by atoms with Crippen molar-refractivity contribution in [2.24, 2.45) is 0 Å². The third-order valence-electron chi connectivity index (χ3n) is 5.40. The summed E-state index contributed by atoms with van der Waals surface area (Å²) in [6, 6.07) is 17.1. The smallest absolute Gasteiger partial charge is 0.212 e. The summed E-state index contributed by atoms with van der Waals surface area (Å²) < 4.78 is 0. The molecule has 0 bridgehead atoms. The molecule has 0 atom stereocenters. The number of likely N-dealkylation sites (N-methyl/N-ethyl adjacent to an activating group) is 1. The molecule has 2 aromatic carbocycles. The van der Waals surface area contributed by atoms with Crippen LogP contribution in [0.5, 0.6) is 0 Å². The van der Waals surface area contributed by atoms with Gasteiger partial charge in [-0.1, -0.05) is 42.5 Å². The molecular weight excluding hydrogens is 336 g/mol. The number of carbonyl (C=O) groups excluding carboxylic acids is 2. The third-order valence-corrected chi connectivity index (χ3v) is 5.40. The van der Waals surface area contributed by atoms with E-state index in [0.29, 0.717) is 29.1 Å². The van der Waals surface area contributed by atoms with E-state index in [9.17, 15) is 9.59 Å². The van der Waals surface area contributed by atoms with Gasteiger partial charge in [-0.15, -0.1) is 0 Å². The second-order valence-electron chi connectivity index (χ2n) is 7.03. The highest BCUT2D eigenvalue weighted by Gasteiger charge is 2.38. The number of benzene rings is 2. The van der Waals surface area contributed by atoms with E-state index in [-0.39, 0.29) is 11.6 Å². The molecule has 0 amide bonds. The number of fused-ring (bicyclic) bond motifs is 1. The summed E-state index contributed by atoms with van der Waals surface area (Å²) in [5, 5.41) is 0. The largest absolute Gasteiger partial charge is 0.367 e. The molecule has 138 valence electrons. The number of anilines is 1. The SMILES string of the molecule is CCN(C1=C(N2CCCCC2)C(=O)c2ccccc2C1=O)c1ccccc1. The molecule has 1 heterocycles. The zero-order chi connectivity index (χ0) is 18.8. The Morgan fingerprint density at radius 2 is 1.41 bits per heavy atom. The monoisotopic (exact) mass is 360 g/mol. The molecule has 0 radical (unpaired) electrons. The quantitative estimate of drug-likeness (QED) is 0.816. The van der Waals surface area contributed by atoms with Crippen molar-refractivity contribution < 1.29 is 9.59 Å². The number of piperidine rings is 1. The van der Waals surface area contributed by atoms with E-state index in [2.05, 4.69) is 4.90 Å². The van der Waals surface area contributed by atoms with Gasteiger partial charge in [0.2, 0.25) is 11.6 Å². The maximum Gasteiger partial charge on any atom is 0.212 e. The Morgan fingerprint density at radius 3 is 2.04 bits per heavy atom. The lowest BCUT2D eigenvalue weighted by Gasteiger charge is -2.37. The molecule has 4 nitrogen and oxygen atoms in total. The van der Waals surface area contributed by atoms with Crippen LogP contribution in [0.1, 0.15) is 46.9 Å². The number of hydrogen-bond acceptors (Lipinski definition) is 4. The summed E-state index contributed by atoms with van der Waals surface area (Å²) in [4.78, 5) is 31.1. The Hall–Kier alpha value is -2.88. The molecule has 1 aliphatic heterocycles. The first kappa shape index (κ1) is 17.5. The second kappa shape index (κ2) is 7.39. The van der Waals surface area contributed by atoms with E-state index in [1.807, 2.05) is 54.3 Å². The summed E-state index contributed by atoms with van der Waals surface area (Å²) >= 11 is 0. The summed E-state index contributed by atoms with van der Waals surface area (Å²) in [6.45, 7) is 4.29. The Balaban J connectivity index is 1.91. The van der Waals surface area contributed by atoms with Crippen LogP contribution < -0.4 is 4.90 Å². The van der Waals surface area contributed by atoms with Gasteiger partial charge in [-0.3, -0.25) is 9.59 Å². The molecule has 1 fully saturated rings. The lowest BCUT2D eigenvalue weighted by molar-refractivity contribution is 0.0931. The van der Waals surface area contributed by atoms with Crippen LogP contribution >= 0.6 is 0 Å². The number of allylic oxidation sites excluding steroid dienone is 2. The maximum absolute atomic E-state index is 13.5. The van der Waals surface area contributed by atoms with Gasteiger partial charge in [-0.25, -0.2) is 0 Å². The third kappa shape index (κ3) is 3.05. The van der Waals surface area contributed by atoms with E-state index in [1.54, 1.807) is 12.1 Å². The van der Waals surface area contributed by atoms with Crippen molar-refractivity contribution in [3.05, 3.63) is 77.1 Å². The fourth-order valence-corrected chi connectivity index (χ4v) is 4.09. The number of carbonyl (C=O) groups is 2. The van der Waals surface area contributed by atoms with E-state index < -0.39 is 0 Å². The predicted molar refractivity (Wildman–Crippen MR) is 107 cm³/mol. The van der Waals surface area contributed by atoms with Crippen molar-refractivity contribution in [1.82, 2.24) is 4.90 Å². The number of likely N-dealkylation sites (tertiary alicyclic amines) is 1. The minimum absolute atomic E-state index is 0.0310. The molecule has 2 aliphatic rings. The van der Waals surface area contributed by atoms with Crippen LogP contribution in [0.15, 0.2) is 66.0 Å². The van der Waals surface area contributed by atoms with E-state index >= 15 is 0 Å². The number of nitrogens with zero attached hydrogens (tertiary/aromatic N) is 2. The summed E-state index contributed by atoms with van der Waals surface area (Å²) in [6.07, 6.45) is 3.28. The fourth-order valence-electron chi connectivity index (χ4n) is 4.09. The Bertz CT molecular complexity index is 896. The topological polar surface area (TPSA) is 40.6 Å². The van der Waals surface area contributed by atoms with Crippen LogP contribution in [0.4, 0.5) is 5.69 Å². The number of hydrogen-bond donors (Lipinski definition) is 0. The minimum atomic E-state index is -0.0588. The normalized spacial score (nSPS) is 17.1. The molecule has 0 N–H and O–H groups in total. The van der Waals surface area contributed by atoms with Gasteiger partial charge in [0.25, 0.3) is 0 Å². The molecule has 0 saturated carbocycles. The lowest BCUT2D eigenvalue weighted by Crippen LogP contribution is -2.42. The zero-order valence-electron chi connectivity index (χ0n) is 15.6. The van der Waals surface area contributed by atoms with Gasteiger partial charge >= 0.3 is 0 Å². The van der Waals surface area contributed by atoms with E-state index in [1.165, 1.54) is 6.42 Å². The molecule has 2 aromatic rings. The van der Waals surface area contributed by atoms with Crippen LogP contribution in [0.3, 0.4) is 0 Å². The maximum atomic E-state index is 13.5. The summed E-state index contributed by atoms with van der Waals surface area (Å²) in [5.41, 5.74) is 3.06. The van der Waals surface area contributed by atoms with Gasteiger partial charge in [-0.05, 0) is 38.3 Å². The van der Waals surface area contributed by atoms with Crippen molar-refractivity contribution in [3.8, 4) is 0 Å². The van der Waals surface area contributed by atoms with Gasteiger partial charge in [0.05, 0.1) is 0 Å². The van der Waals surface area contributed by atoms with Crippen molar-refractivity contribution in [2.45, 2.75) is 26.2 Å². The molecule has 27 heavy (non-hydrogen) atoms. The first-order valence-electron chi connectivity index (χ1n) is 9.72. The molecular formula is C23H24N2O2. The highest BCUT2D eigenvalue weighted by molar-refractivity contribution is 6.27. The van der Waals surface area contributed by atoms with Gasteiger partial charge < -0.3 is 9.80 Å². The summed E-state index contributed by atoms with van der Waals surface area (Å²) in [7, 11) is 0. The Kier molecular flexibility index (Phi) is 4.80. The highest BCUT2D eigenvalue weighted by atomic mass is 16.1. The Labute approximate surface area is 160 Å². The first-order chi connectivity index (χ1) is 13.2. The van der Waals surface area contributed by atoms with Crippen LogP contribution in [0, 0.1) is 0 Å². The molecule has 1 saturated heterocycles. The van der Waals surface area contributed by atoms with Crippen LogP contribution in [-0.4, -0.2) is 36.1 Å². The average molecular weight is 360 g/mol. The second-order valence-corrected chi connectivity index (χ2v) is 7.03. The molecule has 0 spiro atoms. The van der Waals surface area contributed by atoms with Gasteiger partial charge in [-0.2, -0.15) is 0 Å². The number of rotatable bonds is 4. The van der Waals surface area contributed by atoms with Crippen molar-refractivity contribution in [2.75, 3.05) is 24.5 Å². The van der Waals surface area contributed by atoms with E-state index in [4.69, 9.17) is 0 Å². The molecule has 4 heteroatoms. The van der Waals surface area contributed by atoms with Crippen molar-refractivity contribution in [3.63, 3.8) is 0 Å². The van der Waals surface area contributed by atoms with Crippen LogP contribution in [0.2, 0.25) is 0 Å². The zero-order valence-corrected chi connectivity index (χ0v) is 15.6. The molecule has 4 rings (SSSR count). The first-order valence-corrected chi connectivity index (χ1v) is 9.72. The standard InChI is InChI=1S/C23H24N2O2/c1-2-25(17-11-5-3-6-12-17)21-20(24-15-9-4-10-16-24)22(26)18-13-7-8-14-19(18)23(21)27/h3,5-8,11-14H,2,4,9-10,15-16H2,1H3. The Morgan fingerprint density at radius 1 is 0.815 bits per heavy atom. The minimum Gasteiger partial charge on any atom is -0.367 e. The van der Waals surface area contributed by atoms with Crippen molar-refractivity contribution >= 4 is 17.3 Å². The predicted octanol–water partition coefficient (Wildman–Crippen LogP) is 4.29. The highest BCUT2D eigenvalue weighted by Crippen LogP contribution is 2.34.